The topological polar surface area (TPSA) is 76.5 Å². The highest BCUT2D eigenvalue weighted by molar-refractivity contribution is 5.30. The molecule has 2 rings (SSSR count). The number of nitrogen functional groups attached to an aromatic ring is 1. The summed E-state index contributed by atoms with van der Waals surface area (Å²) < 4.78 is 7.33. The Hall–Kier alpha value is -1.11. The van der Waals surface area contributed by atoms with E-state index in [9.17, 15) is 0 Å². The molecule has 96 valence electrons. The molecule has 0 aliphatic carbocycles. The van der Waals surface area contributed by atoms with Crippen LogP contribution in [0.1, 0.15) is 6.92 Å². The number of hydrogen-bond donors (Lipinski definition) is 2. The van der Waals surface area contributed by atoms with E-state index in [2.05, 4.69) is 16.9 Å². The van der Waals surface area contributed by atoms with Gasteiger partial charge in [-0.25, -0.2) is 0 Å². The van der Waals surface area contributed by atoms with E-state index in [1.807, 2.05) is 10.9 Å². The summed E-state index contributed by atoms with van der Waals surface area (Å²) in [6, 6.07) is 0.380. The van der Waals surface area contributed by atoms with Crippen molar-refractivity contribution in [2.75, 3.05) is 32.0 Å². The third kappa shape index (κ3) is 3.18. The highest BCUT2D eigenvalue weighted by Gasteiger charge is 2.25. The smallest absolute Gasteiger partial charge is 0.0933 e. The number of aliphatic hydroxyl groups excluding tert-OH is 1. The monoisotopic (exact) mass is 240 g/mol. The molecule has 2 unspecified atom stereocenters. The van der Waals surface area contributed by atoms with Crippen LogP contribution in [-0.2, 0) is 11.3 Å². The van der Waals surface area contributed by atoms with Crippen molar-refractivity contribution in [3.8, 4) is 0 Å². The van der Waals surface area contributed by atoms with E-state index in [1.165, 1.54) is 0 Å². The van der Waals surface area contributed by atoms with Crippen LogP contribution in [0, 0.1) is 0 Å². The average Bonchev–Trinajstić information content (AvgIpc) is 2.74. The molecule has 6 heteroatoms. The van der Waals surface area contributed by atoms with E-state index in [0.717, 1.165) is 19.6 Å². The zero-order valence-corrected chi connectivity index (χ0v) is 10.1. The number of anilines is 1. The summed E-state index contributed by atoms with van der Waals surface area (Å²) >= 11 is 0. The lowest BCUT2D eigenvalue weighted by atomic mass is 10.2. The van der Waals surface area contributed by atoms with Gasteiger partial charge in [0.2, 0.25) is 0 Å². The number of aromatic nitrogens is 2. The minimum absolute atomic E-state index is 0.0612. The van der Waals surface area contributed by atoms with Gasteiger partial charge in [-0.2, -0.15) is 5.10 Å². The lowest BCUT2D eigenvalue weighted by Crippen LogP contribution is -2.50. The Bertz CT molecular complexity index is 355. The van der Waals surface area contributed by atoms with Gasteiger partial charge in [0.1, 0.15) is 0 Å². The fraction of sp³-hybridized carbons (Fsp3) is 0.727. The van der Waals surface area contributed by atoms with E-state index in [1.54, 1.807) is 6.20 Å². The molecule has 1 fully saturated rings. The first-order chi connectivity index (χ1) is 8.19. The first-order valence-electron chi connectivity index (χ1n) is 5.93. The van der Waals surface area contributed by atoms with Crippen molar-refractivity contribution in [2.45, 2.75) is 25.6 Å². The molecule has 17 heavy (non-hydrogen) atoms. The predicted molar refractivity (Wildman–Crippen MR) is 64.5 cm³/mol. The third-order valence-corrected chi connectivity index (χ3v) is 3.11. The summed E-state index contributed by atoms with van der Waals surface area (Å²) in [5, 5.41) is 13.2. The highest BCUT2D eigenvalue weighted by Crippen LogP contribution is 2.11. The van der Waals surface area contributed by atoms with Gasteiger partial charge in [-0.1, -0.05) is 0 Å². The van der Waals surface area contributed by atoms with Crippen LogP contribution in [-0.4, -0.2) is 58.2 Å². The van der Waals surface area contributed by atoms with Gasteiger partial charge in [0.05, 0.1) is 37.7 Å². The largest absolute Gasteiger partial charge is 0.396 e. The third-order valence-electron chi connectivity index (χ3n) is 3.11. The Morgan fingerprint density at radius 3 is 3.06 bits per heavy atom. The van der Waals surface area contributed by atoms with Crippen molar-refractivity contribution in [1.29, 1.82) is 0 Å². The van der Waals surface area contributed by atoms with Crippen LogP contribution in [0.3, 0.4) is 0 Å². The summed E-state index contributed by atoms with van der Waals surface area (Å²) in [5.41, 5.74) is 6.30. The van der Waals surface area contributed by atoms with Crippen molar-refractivity contribution in [1.82, 2.24) is 14.7 Å². The van der Waals surface area contributed by atoms with Gasteiger partial charge in [-0.05, 0) is 6.92 Å². The second-order valence-electron chi connectivity index (χ2n) is 4.52. The normalized spacial score (nSPS) is 26.2. The van der Waals surface area contributed by atoms with Crippen LogP contribution in [0.15, 0.2) is 12.4 Å². The lowest BCUT2D eigenvalue weighted by Gasteiger charge is -2.37. The van der Waals surface area contributed by atoms with Crippen molar-refractivity contribution >= 4 is 5.69 Å². The molecule has 1 saturated heterocycles. The zero-order valence-electron chi connectivity index (χ0n) is 10.1. The molecule has 3 N–H and O–H groups in total. The van der Waals surface area contributed by atoms with Crippen LogP contribution in [0.25, 0.3) is 0 Å². The Balaban J connectivity index is 1.84. The second-order valence-corrected chi connectivity index (χ2v) is 4.52. The standard InChI is InChI=1S/C11H20N4O2/c1-9-8-17-11(7-16)6-14(9)2-3-15-5-10(12)4-13-15/h4-5,9,11,16H,2-3,6-8,12H2,1H3. The molecular weight excluding hydrogens is 220 g/mol. The SMILES string of the molecule is CC1COC(CO)CN1CCn1cc(N)cn1. The predicted octanol–water partition coefficient (Wildman–Crippen LogP) is -0.453. The molecule has 0 spiro atoms. The number of nitrogens with two attached hydrogens (primary N) is 1. The van der Waals surface area contributed by atoms with E-state index in [0.29, 0.717) is 18.3 Å². The molecule has 2 atom stereocenters. The maximum absolute atomic E-state index is 9.10. The quantitative estimate of drug-likeness (QED) is 0.745. The summed E-state index contributed by atoms with van der Waals surface area (Å²) in [6.45, 7) is 5.35. The number of nitrogens with zero attached hydrogens (tertiary/aromatic N) is 3. The molecule has 0 radical (unpaired) electrons. The van der Waals surface area contributed by atoms with E-state index in [-0.39, 0.29) is 12.7 Å². The van der Waals surface area contributed by atoms with Gasteiger partial charge in [-0.15, -0.1) is 0 Å². The maximum Gasteiger partial charge on any atom is 0.0933 e. The fourth-order valence-corrected chi connectivity index (χ4v) is 2.03. The van der Waals surface area contributed by atoms with E-state index in [4.69, 9.17) is 15.6 Å². The van der Waals surface area contributed by atoms with Crippen LogP contribution in [0.2, 0.25) is 0 Å². The Morgan fingerprint density at radius 2 is 2.41 bits per heavy atom. The number of hydrogen-bond acceptors (Lipinski definition) is 5. The molecule has 6 nitrogen and oxygen atoms in total. The number of aliphatic hydroxyl groups is 1. The summed E-state index contributed by atoms with van der Waals surface area (Å²) in [6.07, 6.45) is 3.42. The van der Waals surface area contributed by atoms with Gasteiger partial charge in [0, 0.05) is 25.3 Å². The van der Waals surface area contributed by atoms with Crippen LogP contribution in [0.4, 0.5) is 5.69 Å². The fourth-order valence-electron chi connectivity index (χ4n) is 2.03. The van der Waals surface area contributed by atoms with Crippen LogP contribution >= 0.6 is 0 Å². The van der Waals surface area contributed by atoms with Crippen molar-refractivity contribution in [3.63, 3.8) is 0 Å². The minimum atomic E-state index is -0.0612. The summed E-state index contributed by atoms with van der Waals surface area (Å²) in [5.74, 6) is 0. The molecular formula is C11H20N4O2. The van der Waals surface area contributed by atoms with Gasteiger partial charge >= 0.3 is 0 Å². The molecule has 2 heterocycles. The lowest BCUT2D eigenvalue weighted by molar-refractivity contribution is -0.0785. The second kappa shape index (κ2) is 5.48. The highest BCUT2D eigenvalue weighted by atomic mass is 16.5. The van der Waals surface area contributed by atoms with Gasteiger partial charge < -0.3 is 15.6 Å². The number of rotatable bonds is 4. The molecule has 1 aliphatic rings. The van der Waals surface area contributed by atoms with Gasteiger partial charge in [0.25, 0.3) is 0 Å². The molecule has 0 saturated carbocycles. The zero-order chi connectivity index (χ0) is 12.3. The van der Waals surface area contributed by atoms with Crippen molar-refractivity contribution in [2.24, 2.45) is 0 Å². The van der Waals surface area contributed by atoms with Gasteiger partial charge in [-0.3, -0.25) is 9.58 Å². The number of ether oxygens (including phenoxy) is 1. The van der Waals surface area contributed by atoms with Crippen molar-refractivity contribution < 1.29 is 9.84 Å². The number of morpholine rings is 1. The molecule has 0 bridgehead atoms. The summed E-state index contributed by atoms with van der Waals surface area (Å²) in [7, 11) is 0. The minimum Gasteiger partial charge on any atom is -0.396 e. The first kappa shape index (κ1) is 12.3. The summed E-state index contributed by atoms with van der Waals surface area (Å²) in [4.78, 5) is 2.31. The Labute approximate surface area is 101 Å². The average molecular weight is 240 g/mol. The van der Waals surface area contributed by atoms with Crippen molar-refractivity contribution in [3.05, 3.63) is 12.4 Å². The van der Waals surface area contributed by atoms with Crippen LogP contribution < -0.4 is 5.73 Å². The molecule has 1 aliphatic heterocycles. The molecule has 0 aromatic carbocycles. The van der Waals surface area contributed by atoms with E-state index >= 15 is 0 Å². The molecule has 1 aromatic heterocycles. The molecule has 0 amide bonds. The van der Waals surface area contributed by atoms with Gasteiger partial charge in [0.15, 0.2) is 0 Å². The first-order valence-corrected chi connectivity index (χ1v) is 5.93. The molecule has 1 aromatic rings. The maximum atomic E-state index is 9.10. The Morgan fingerprint density at radius 1 is 1.59 bits per heavy atom. The van der Waals surface area contributed by atoms with Crippen LogP contribution in [0.5, 0.6) is 0 Å². The Kier molecular flexibility index (Phi) is 3.98. The van der Waals surface area contributed by atoms with E-state index < -0.39 is 0 Å².